The zero-order valence-corrected chi connectivity index (χ0v) is 12.8. The summed E-state index contributed by atoms with van der Waals surface area (Å²) in [4.78, 5) is 11.0. The van der Waals surface area contributed by atoms with E-state index >= 15 is 0 Å². The molecule has 0 aromatic heterocycles. The van der Waals surface area contributed by atoms with Crippen molar-refractivity contribution in [2.24, 2.45) is 5.18 Å². The maximum atomic E-state index is 13.4. The summed E-state index contributed by atoms with van der Waals surface area (Å²) in [5.41, 5.74) is -0.0249. The molecular formula is C17H12FNO3S. The van der Waals surface area contributed by atoms with Crippen LogP contribution in [0.5, 0.6) is 0 Å². The van der Waals surface area contributed by atoms with E-state index in [1.165, 1.54) is 12.1 Å². The van der Waals surface area contributed by atoms with Crippen molar-refractivity contribution in [3.63, 3.8) is 0 Å². The van der Waals surface area contributed by atoms with Crippen LogP contribution < -0.4 is 0 Å². The lowest BCUT2D eigenvalue weighted by Crippen LogP contribution is -2.06. The van der Waals surface area contributed by atoms with Gasteiger partial charge in [-0.1, -0.05) is 36.4 Å². The second-order valence-electron chi connectivity index (χ2n) is 5.10. The Labute approximate surface area is 132 Å². The summed E-state index contributed by atoms with van der Waals surface area (Å²) in [6.07, 6.45) is 0. The van der Waals surface area contributed by atoms with E-state index in [0.29, 0.717) is 5.39 Å². The van der Waals surface area contributed by atoms with Crippen molar-refractivity contribution in [1.29, 1.82) is 0 Å². The highest BCUT2D eigenvalue weighted by molar-refractivity contribution is 7.90. The maximum Gasteiger partial charge on any atom is 0.183 e. The fourth-order valence-electron chi connectivity index (χ4n) is 2.51. The van der Waals surface area contributed by atoms with Crippen LogP contribution in [-0.4, -0.2) is 8.42 Å². The summed E-state index contributed by atoms with van der Waals surface area (Å²) in [6.45, 7) is 0. The molecule has 0 aliphatic heterocycles. The van der Waals surface area contributed by atoms with Crippen LogP contribution in [0.1, 0.15) is 5.56 Å². The zero-order chi connectivity index (χ0) is 16.4. The first-order valence-electron chi connectivity index (χ1n) is 6.83. The molecule has 3 aromatic rings. The number of hydrogen-bond acceptors (Lipinski definition) is 4. The zero-order valence-electron chi connectivity index (χ0n) is 11.9. The van der Waals surface area contributed by atoms with Gasteiger partial charge in [-0.3, -0.25) is 0 Å². The second kappa shape index (κ2) is 5.89. The normalized spacial score (nSPS) is 11.5. The third kappa shape index (κ3) is 2.98. The molecule has 23 heavy (non-hydrogen) atoms. The van der Waals surface area contributed by atoms with Gasteiger partial charge in [0.15, 0.2) is 9.84 Å². The Morgan fingerprint density at radius 1 is 0.957 bits per heavy atom. The molecule has 0 atom stereocenters. The lowest BCUT2D eigenvalue weighted by Gasteiger charge is -2.09. The number of halogens is 1. The molecule has 0 radical (unpaired) electrons. The van der Waals surface area contributed by atoms with E-state index in [1.807, 2.05) is 18.2 Å². The smallest absolute Gasteiger partial charge is 0.183 e. The van der Waals surface area contributed by atoms with E-state index in [2.05, 4.69) is 5.18 Å². The van der Waals surface area contributed by atoms with Crippen LogP contribution in [0.2, 0.25) is 0 Å². The summed E-state index contributed by atoms with van der Waals surface area (Å²) < 4.78 is 38.8. The molecule has 4 nitrogen and oxygen atoms in total. The summed E-state index contributed by atoms with van der Waals surface area (Å²) in [5.74, 6) is -1.10. The summed E-state index contributed by atoms with van der Waals surface area (Å²) in [6, 6.07) is 15.4. The molecule has 3 rings (SSSR count). The predicted octanol–water partition coefficient (Wildman–Crippen LogP) is 4.35. The molecule has 0 bridgehead atoms. The molecule has 0 N–H and O–H groups in total. The molecule has 0 fully saturated rings. The Bertz CT molecular complexity index is 994. The van der Waals surface area contributed by atoms with Crippen molar-refractivity contribution in [2.45, 2.75) is 10.6 Å². The van der Waals surface area contributed by atoms with E-state index < -0.39 is 21.4 Å². The Morgan fingerprint density at radius 3 is 2.48 bits per heavy atom. The van der Waals surface area contributed by atoms with E-state index in [-0.39, 0.29) is 16.1 Å². The molecule has 3 aromatic carbocycles. The van der Waals surface area contributed by atoms with Crippen molar-refractivity contribution in [3.05, 3.63) is 77.0 Å². The van der Waals surface area contributed by atoms with Crippen molar-refractivity contribution in [1.82, 2.24) is 0 Å². The average molecular weight is 329 g/mol. The first kappa shape index (κ1) is 15.3. The highest BCUT2D eigenvalue weighted by atomic mass is 32.2. The SMILES string of the molecule is O=Nc1ccc(F)cc1CS(=O)(=O)c1cccc2ccccc12. The molecule has 0 saturated heterocycles. The maximum absolute atomic E-state index is 13.4. The highest BCUT2D eigenvalue weighted by Gasteiger charge is 2.20. The van der Waals surface area contributed by atoms with Gasteiger partial charge in [0.05, 0.1) is 10.6 Å². The largest absolute Gasteiger partial charge is 0.223 e. The van der Waals surface area contributed by atoms with Crippen molar-refractivity contribution in [2.75, 3.05) is 0 Å². The van der Waals surface area contributed by atoms with Crippen molar-refractivity contribution >= 4 is 26.3 Å². The van der Waals surface area contributed by atoms with Gasteiger partial charge < -0.3 is 0 Å². The van der Waals surface area contributed by atoms with Crippen molar-refractivity contribution in [3.8, 4) is 0 Å². The Morgan fingerprint density at radius 2 is 1.70 bits per heavy atom. The predicted molar refractivity (Wildman–Crippen MR) is 86.7 cm³/mol. The van der Waals surface area contributed by atoms with Crippen LogP contribution in [0.3, 0.4) is 0 Å². The minimum atomic E-state index is -3.75. The molecule has 0 spiro atoms. The number of benzene rings is 3. The van der Waals surface area contributed by atoms with Crippen LogP contribution in [0.25, 0.3) is 10.8 Å². The van der Waals surface area contributed by atoms with Gasteiger partial charge in [0.2, 0.25) is 0 Å². The Balaban J connectivity index is 2.12. The Hall–Kier alpha value is -2.60. The number of sulfone groups is 1. The quantitative estimate of drug-likeness (QED) is 0.668. The average Bonchev–Trinajstić information content (AvgIpc) is 2.54. The summed E-state index contributed by atoms with van der Waals surface area (Å²) in [5, 5.41) is 4.15. The first-order chi connectivity index (χ1) is 11.0. The lowest BCUT2D eigenvalue weighted by atomic mass is 10.1. The lowest BCUT2D eigenvalue weighted by molar-refractivity contribution is 0.595. The monoisotopic (exact) mass is 329 g/mol. The van der Waals surface area contributed by atoms with Crippen molar-refractivity contribution < 1.29 is 12.8 Å². The highest BCUT2D eigenvalue weighted by Crippen LogP contribution is 2.29. The molecule has 116 valence electrons. The van der Waals surface area contributed by atoms with Gasteiger partial charge in [-0.25, -0.2) is 12.8 Å². The standard InChI is InChI=1S/C17H12FNO3S/c18-14-8-9-16(19-20)13(10-14)11-23(21,22)17-7-3-5-12-4-1-2-6-15(12)17/h1-10H,11H2. The first-order valence-corrected chi connectivity index (χ1v) is 8.49. The number of nitrogens with zero attached hydrogens (tertiary/aromatic N) is 1. The number of nitroso groups, excluding NO2 is 1. The minimum absolute atomic E-state index is 0.0490. The van der Waals surface area contributed by atoms with Gasteiger partial charge >= 0.3 is 0 Å². The van der Waals surface area contributed by atoms with Gasteiger partial charge in [-0.05, 0) is 40.4 Å². The van der Waals surface area contributed by atoms with Gasteiger partial charge in [-0.2, -0.15) is 0 Å². The third-order valence-electron chi connectivity index (χ3n) is 3.57. The van der Waals surface area contributed by atoms with E-state index in [9.17, 15) is 17.7 Å². The van der Waals surface area contributed by atoms with E-state index in [1.54, 1.807) is 18.2 Å². The molecule has 0 aliphatic rings. The van der Waals surface area contributed by atoms with Crippen LogP contribution in [0.15, 0.2) is 70.7 Å². The van der Waals surface area contributed by atoms with Gasteiger partial charge in [0.25, 0.3) is 0 Å². The topological polar surface area (TPSA) is 63.6 Å². The summed E-state index contributed by atoms with van der Waals surface area (Å²) in [7, 11) is -3.75. The van der Waals surface area contributed by atoms with Crippen LogP contribution in [0.4, 0.5) is 10.1 Å². The van der Waals surface area contributed by atoms with Crippen LogP contribution >= 0.6 is 0 Å². The van der Waals surface area contributed by atoms with E-state index in [0.717, 1.165) is 17.5 Å². The fourth-order valence-corrected chi connectivity index (χ4v) is 4.11. The second-order valence-corrected chi connectivity index (χ2v) is 7.06. The summed E-state index contributed by atoms with van der Waals surface area (Å²) >= 11 is 0. The third-order valence-corrected chi connectivity index (χ3v) is 5.29. The van der Waals surface area contributed by atoms with Gasteiger partial charge in [0.1, 0.15) is 11.5 Å². The minimum Gasteiger partial charge on any atom is -0.223 e. The number of fused-ring (bicyclic) bond motifs is 1. The van der Waals surface area contributed by atoms with Crippen LogP contribution in [-0.2, 0) is 15.6 Å². The molecule has 6 heteroatoms. The molecule has 0 unspecified atom stereocenters. The molecule has 0 aliphatic carbocycles. The van der Waals surface area contributed by atoms with Crippen LogP contribution in [0, 0.1) is 10.7 Å². The van der Waals surface area contributed by atoms with Gasteiger partial charge in [0, 0.05) is 5.39 Å². The molecule has 0 heterocycles. The Kier molecular flexibility index (Phi) is 3.92. The molecular weight excluding hydrogens is 317 g/mol. The number of hydrogen-bond donors (Lipinski definition) is 0. The van der Waals surface area contributed by atoms with E-state index in [4.69, 9.17) is 0 Å². The van der Waals surface area contributed by atoms with Gasteiger partial charge in [-0.15, -0.1) is 4.91 Å². The molecule has 0 amide bonds. The fraction of sp³-hybridized carbons (Fsp3) is 0.0588. The molecule has 0 saturated carbocycles. The number of rotatable bonds is 4.